The summed E-state index contributed by atoms with van der Waals surface area (Å²) in [4.78, 5) is 23.2. The molecule has 0 fully saturated rings. The third-order valence-electron chi connectivity index (χ3n) is 11.7. The number of methoxy groups -OCH3 is 1. The van der Waals surface area contributed by atoms with Gasteiger partial charge in [-0.25, -0.2) is 0 Å². The van der Waals surface area contributed by atoms with E-state index in [0.717, 1.165) is 36.5 Å². The molecule has 0 bridgehead atoms. The lowest BCUT2D eigenvalue weighted by Crippen LogP contribution is -2.37. The molecular weight excluding hydrogens is 889 g/mol. The number of carboxylic acids is 1. The van der Waals surface area contributed by atoms with Crippen LogP contribution in [0.3, 0.4) is 0 Å². The summed E-state index contributed by atoms with van der Waals surface area (Å²) in [5, 5.41) is 9.67. The second-order valence-electron chi connectivity index (χ2n) is 17.1. The van der Waals surface area contributed by atoms with Crippen molar-refractivity contribution in [3.05, 3.63) is 130 Å². The number of hydrogen-bond acceptors (Lipinski definition) is 10. The van der Waals surface area contributed by atoms with E-state index in [9.17, 15) is 18.0 Å². The number of fused-ring (bicyclic) bond motifs is 2. The van der Waals surface area contributed by atoms with Gasteiger partial charge in [0.1, 0.15) is 18.3 Å². The first-order chi connectivity index (χ1) is 32.1. The number of alkyl halides is 3. The summed E-state index contributed by atoms with van der Waals surface area (Å²) in [6.07, 6.45) is 4.65. The van der Waals surface area contributed by atoms with Crippen molar-refractivity contribution < 1.29 is 60.9 Å². The predicted molar refractivity (Wildman–Crippen MR) is 250 cm³/mol. The Morgan fingerprint density at radius 3 is 2.09 bits per heavy atom. The Morgan fingerprint density at radius 1 is 0.806 bits per heavy atom. The highest BCUT2D eigenvalue weighted by molar-refractivity contribution is 6.30. The molecule has 6 rings (SSSR count). The summed E-state index contributed by atoms with van der Waals surface area (Å²) in [6.45, 7) is 15.0. The van der Waals surface area contributed by atoms with Gasteiger partial charge < -0.3 is 43.2 Å². The van der Waals surface area contributed by atoms with Gasteiger partial charge in [-0.3, -0.25) is 4.79 Å². The van der Waals surface area contributed by atoms with Crippen LogP contribution in [0, 0.1) is 5.92 Å². The Bertz CT molecular complexity index is 2280. The molecule has 0 saturated carbocycles. The summed E-state index contributed by atoms with van der Waals surface area (Å²) in [5.41, 5.74) is 11.8. The Morgan fingerprint density at radius 2 is 1.40 bits per heavy atom. The highest BCUT2D eigenvalue weighted by Gasteiger charge is 2.44. The van der Waals surface area contributed by atoms with Crippen LogP contribution in [0.15, 0.2) is 119 Å². The first-order valence-corrected chi connectivity index (χ1v) is 22.9. The van der Waals surface area contributed by atoms with Crippen LogP contribution < -0.4 is 14.7 Å². The fourth-order valence-electron chi connectivity index (χ4n) is 8.29. The number of carbonyl (C=O) groups is 2. The van der Waals surface area contributed by atoms with E-state index in [2.05, 4.69) is 110 Å². The quantitative estimate of drug-likeness (QED) is 0.0318. The molecule has 0 aromatic heterocycles. The molecular formula is C52H62ClF3N2O9. The number of benzene rings is 3. The Hall–Kier alpha value is -5.05. The van der Waals surface area contributed by atoms with Gasteiger partial charge in [0.2, 0.25) is 5.69 Å². The molecule has 3 aliphatic rings. The number of aliphatic carboxylic acids is 1. The van der Waals surface area contributed by atoms with Gasteiger partial charge in [0.05, 0.1) is 70.4 Å². The SMILES string of the molecule is COCCOCCOCCN1C(=C=CC2CCCC(/C=C/C3=[N+](CCOCCOCCC(=O)Oc4ccccc4)c4ccccc4C3(C)C)=C2Cl)C(C)(C)c2ccccc21.O=C([O-])C(F)(F)F. The Labute approximate surface area is 397 Å². The van der Waals surface area contributed by atoms with E-state index in [1.165, 1.54) is 33.8 Å². The number of allylic oxidation sites excluding steroid dienone is 5. The van der Waals surface area contributed by atoms with Crippen molar-refractivity contribution in [1.82, 2.24) is 0 Å². The van der Waals surface area contributed by atoms with Gasteiger partial charge in [0, 0.05) is 53.4 Å². The smallest absolute Gasteiger partial charge is 0.430 e. The minimum Gasteiger partial charge on any atom is -0.542 e. The van der Waals surface area contributed by atoms with Crippen molar-refractivity contribution in [2.24, 2.45) is 5.92 Å². The van der Waals surface area contributed by atoms with Gasteiger partial charge in [0.25, 0.3) is 0 Å². The largest absolute Gasteiger partial charge is 0.542 e. The lowest BCUT2D eigenvalue weighted by molar-refractivity contribution is -0.442. The zero-order valence-corrected chi connectivity index (χ0v) is 39.8. The van der Waals surface area contributed by atoms with Crippen molar-refractivity contribution in [2.75, 3.05) is 84.6 Å². The summed E-state index contributed by atoms with van der Waals surface area (Å²) in [5.74, 6) is -2.71. The molecule has 1 unspecified atom stereocenters. The summed E-state index contributed by atoms with van der Waals surface area (Å²) >= 11 is 7.30. The third-order valence-corrected chi connectivity index (χ3v) is 12.3. The van der Waals surface area contributed by atoms with E-state index < -0.39 is 12.1 Å². The molecule has 11 nitrogen and oxygen atoms in total. The topological polar surface area (TPSA) is 119 Å². The number of para-hydroxylation sites is 3. The molecule has 1 aliphatic carbocycles. The van der Waals surface area contributed by atoms with Crippen molar-refractivity contribution in [3.63, 3.8) is 0 Å². The molecule has 1 atom stereocenters. The van der Waals surface area contributed by atoms with E-state index in [-0.39, 0.29) is 35.7 Å². The number of hydrogen-bond donors (Lipinski definition) is 0. The molecule has 67 heavy (non-hydrogen) atoms. The van der Waals surface area contributed by atoms with Crippen LogP contribution in [0.5, 0.6) is 5.75 Å². The molecule has 0 N–H and O–H groups in total. The number of carboxylic acid groups (broad SMARTS) is 1. The molecule has 0 spiro atoms. The average Bonchev–Trinajstić information content (AvgIpc) is 3.65. The van der Waals surface area contributed by atoms with Gasteiger partial charge in [-0.15, -0.1) is 5.73 Å². The minimum absolute atomic E-state index is 0.0782. The maximum Gasteiger partial charge on any atom is 0.430 e. The molecule has 15 heteroatoms. The zero-order valence-electron chi connectivity index (χ0n) is 39.0. The van der Waals surface area contributed by atoms with Gasteiger partial charge in [-0.2, -0.15) is 17.7 Å². The van der Waals surface area contributed by atoms with Crippen LogP contribution in [-0.4, -0.2) is 108 Å². The van der Waals surface area contributed by atoms with Crippen molar-refractivity contribution >= 4 is 40.6 Å². The minimum atomic E-state index is -5.19. The molecule has 3 aromatic carbocycles. The van der Waals surface area contributed by atoms with E-state index in [1.807, 2.05) is 18.2 Å². The Balaban J connectivity index is 0.00000111. The zero-order chi connectivity index (χ0) is 48.5. The molecule has 2 heterocycles. The molecule has 0 amide bonds. The van der Waals surface area contributed by atoms with Gasteiger partial charge in [0.15, 0.2) is 12.3 Å². The average molecular weight is 952 g/mol. The number of carbonyl (C=O) groups excluding carboxylic acids is 2. The van der Waals surface area contributed by atoms with E-state index in [4.69, 9.17) is 49.9 Å². The lowest BCUT2D eigenvalue weighted by atomic mass is 9.81. The van der Waals surface area contributed by atoms with Crippen molar-refractivity contribution in [1.29, 1.82) is 0 Å². The van der Waals surface area contributed by atoms with E-state index >= 15 is 0 Å². The third kappa shape index (κ3) is 14.7. The Kier molecular flexibility index (Phi) is 20.0. The maximum atomic E-state index is 12.1. The predicted octanol–water partition coefficient (Wildman–Crippen LogP) is 8.76. The summed E-state index contributed by atoms with van der Waals surface area (Å²) in [7, 11) is 1.67. The van der Waals surface area contributed by atoms with Gasteiger partial charge in [-0.1, -0.05) is 72.3 Å². The monoisotopic (exact) mass is 950 g/mol. The molecule has 3 aromatic rings. The first-order valence-electron chi connectivity index (χ1n) is 22.6. The normalized spacial score (nSPS) is 17.2. The maximum absolute atomic E-state index is 12.1. The van der Waals surface area contributed by atoms with Crippen molar-refractivity contribution in [3.8, 4) is 5.75 Å². The van der Waals surface area contributed by atoms with Crippen LogP contribution in [-0.2, 0) is 44.1 Å². The van der Waals surface area contributed by atoms with Gasteiger partial charge in [-0.05, 0) is 82.4 Å². The van der Waals surface area contributed by atoms with Crippen LogP contribution in [0.2, 0.25) is 0 Å². The van der Waals surface area contributed by atoms with Crippen LogP contribution in [0.4, 0.5) is 24.5 Å². The highest BCUT2D eigenvalue weighted by atomic mass is 35.5. The number of nitrogens with zero attached hydrogens (tertiary/aromatic N) is 2. The fraction of sp³-hybridized carbons (Fsp3) is 0.462. The first kappa shape index (κ1) is 52.9. The summed E-state index contributed by atoms with van der Waals surface area (Å²) in [6, 6.07) is 26.3. The second-order valence-corrected chi connectivity index (χ2v) is 17.5. The van der Waals surface area contributed by atoms with Gasteiger partial charge >= 0.3 is 12.1 Å². The molecule has 362 valence electrons. The molecule has 0 saturated heterocycles. The van der Waals surface area contributed by atoms with Crippen LogP contribution in [0.1, 0.15) is 64.5 Å². The standard InChI is InChI=1S/C50H62ClN2O7.C2HF3O2/c1-49(2)41-18-9-11-20-43(41)52(27-30-57-35-34-56-29-26-47(54)60-40-16-7-6-8-17-40)45(49)24-22-38-14-13-15-39(48(38)51)23-25-46-50(3,4)42-19-10-12-21-44(42)53(46)28-31-58-36-37-59-33-32-55-5;3-2(4,5)1(6)7/h6-12,16-24,39H,13-15,26-37H2,1-5H3;(H,6,7)/q+1;/p-1/b24-22+;. The molecule has 0 radical (unpaired) electrons. The summed E-state index contributed by atoms with van der Waals surface area (Å²) < 4.78 is 67.6. The fourth-order valence-corrected chi connectivity index (χ4v) is 8.62. The highest BCUT2D eigenvalue weighted by Crippen LogP contribution is 2.47. The van der Waals surface area contributed by atoms with Crippen LogP contribution >= 0.6 is 11.6 Å². The van der Waals surface area contributed by atoms with E-state index in [0.29, 0.717) is 65.1 Å². The number of ether oxygens (including phenoxy) is 6. The number of esters is 1. The molecule has 2 aliphatic heterocycles. The van der Waals surface area contributed by atoms with E-state index in [1.54, 1.807) is 19.2 Å². The second kappa shape index (κ2) is 25.4. The van der Waals surface area contributed by atoms with Crippen LogP contribution in [0.25, 0.3) is 0 Å². The van der Waals surface area contributed by atoms with Crippen molar-refractivity contribution in [2.45, 2.75) is 70.4 Å². The number of rotatable bonds is 22. The lowest BCUT2D eigenvalue weighted by Gasteiger charge is -2.26. The number of halogens is 4. The number of anilines is 1.